The molecule has 3 aromatic rings. The smallest absolute Gasteiger partial charge is 0.240 e. The van der Waals surface area contributed by atoms with Crippen molar-refractivity contribution in [3.63, 3.8) is 0 Å². The summed E-state index contributed by atoms with van der Waals surface area (Å²) in [6, 6.07) is 14.0. The summed E-state index contributed by atoms with van der Waals surface area (Å²) in [5.74, 6) is -0.0640. The Morgan fingerprint density at radius 2 is 1.88 bits per heavy atom. The van der Waals surface area contributed by atoms with Gasteiger partial charge in [0.25, 0.3) is 0 Å². The second kappa shape index (κ2) is 6.88. The van der Waals surface area contributed by atoms with E-state index in [1.165, 1.54) is 4.90 Å². The number of hydrogen-bond acceptors (Lipinski definition) is 5. The number of nitrogens with zero attached hydrogens (tertiary/aromatic N) is 4. The number of carbonyl (C=O) groups is 1. The Labute approximate surface area is 156 Å². The van der Waals surface area contributed by atoms with Crippen molar-refractivity contribution >= 4 is 34.4 Å². The van der Waals surface area contributed by atoms with Crippen molar-refractivity contribution in [3.05, 3.63) is 66.0 Å². The van der Waals surface area contributed by atoms with Crippen LogP contribution in [0.25, 0.3) is 11.0 Å². The first-order chi connectivity index (χ1) is 12.7. The van der Waals surface area contributed by atoms with Gasteiger partial charge in [-0.2, -0.15) is 5.10 Å². The van der Waals surface area contributed by atoms with E-state index in [-0.39, 0.29) is 11.9 Å². The zero-order valence-electron chi connectivity index (χ0n) is 14.6. The van der Waals surface area contributed by atoms with Gasteiger partial charge in [0, 0.05) is 36.2 Å². The van der Waals surface area contributed by atoms with Crippen molar-refractivity contribution < 1.29 is 4.79 Å². The van der Waals surface area contributed by atoms with Crippen LogP contribution < -0.4 is 0 Å². The molecule has 2 heterocycles. The van der Waals surface area contributed by atoms with E-state index in [9.17, 15) is 4.79 Å². The Bertz CT molecular complexity index is 1020. The molecule has 0 N–H and O–H groups in total. The normalized spacial score (nSPS) is 16.8. The van der Waals surface area contributed by atoms with E-state index in [2.05, 4.69) is 33.5 Å². The highest BCUT2D eigenvalue weighted by Crippen LogP contribution is 2.35. The van der Waals surface area contributed by atoms with Crippen molar-refractivity contribution in [3.8, 4) is 0 Å². The first-order valence-corrected chi connectivity index (χ1v) is 9.61. The van der Waals surface area contributed by atoms with Crippen molar-refractivity contribution in [1.29, 1.82) is 0 Å². The number of amides is 1. The van der Waals surface area contributed by atoms with Crippen molar-refractivity contribution in [2.24, 2.45) is 5.10 Å². The first kappa shape index (κ1) is 16.7. The minimum atomic E-state index is -0.121. The molecule has 2 aromatic carbocycles. The summed E-state index contributed by atoms with van der Waals surface area (Å²) in [5, 5.41) is 6.24. The Morgan fingerprint density at radius 3 is 2.65 bits per heavy atom. The Hall–Kier alpha value is -2.73. The highest BCUT2D eigenvalue weighted by molar-refractivity contribution is 7.98. The highest BCUT2D eigenvalue weighted by Gasteiger charge is 2.32. The average molecular weight is 362 g/mol. The van der Waals surface area contributed by atoms with E-state index in [0.717, 1.165) is 27.9 Å². The summed E-state index contributed by atoms with van der Waals surface area (Å²) in [6.07, 6.45) is 6.10. The molecule has 130 valence electrons. The second-order valence-corrected chi connectivity index (χ2v) is 6.98. The molecule has 1 atom stereocenters. The van der Waals surface area contributed by atoms with Crippen LogP contribution in [0.2, 0.25) is 0 Å². The molecule has 1 aromatic heterocycles. The number of thioether (sulfide) groups is 1. The van der Waals surface area contributed by atoms with Gasteiger partial charge in [-0.15, -0.1) is 11.8 Å². The van der Waals surface area contributed by atoms with Gasteiger partial charge >= 0.3 is 0 Å². The lowest BCUT2D eigenvalue weighted by atomic mass is 9.98. The summed E-state index contributed by atoms with van der Waals surface area (Å²) in [7, 11) is 0. The standard InChI is InChI=1S/C20H18N4OS/c1-13(25)24-19(14-7-8-16-18(11-14)22-10-9-21-16)12-17(23-24)15-5-3-4-6-20(15)26-2/h3-11,19H,12H2,1-2H3/t19-/m0/s1. The SMILES string of the molecule is CSc1ccccc1C1=NN(C(C)=O)[C@H](c2ccc3nccnc3c2)C1. The van der Waals surface area contributed by atoms with Crippen LogP contribution >= 0.6 is 11.8 Å². The van der Waals surface area contributed by atoms with Crippen LogP contribution in [0.5, 0.6) is 0 Å². The van der Waals surface area contributed by atoms with Crippen LogP contribution in [0.1, 0.15) is 30.5 Å². The van der Waals surface area contributed by atoms with E-state index < -0.39 is 0 Å². The highest BCUT2D eigenvalue weighted by atomic mass is 32.2. The molecule has 1 aliphatic rings. The van der Waals surface area contributed by atoms with Crippen LogP contribution in [-0.2, 0) is 4.79 Å². The monoisotopic (exact) mass is 362 g/mol. The van der Waals surface area contributed by atoms with E-state index in [4.69, 9.17) is 0 Å². The summed E-state index contributed by atoms with van der Waals surface area (Å²) in [6.45, 7) is 1.56. The third kappa shape index (κ3) is 2.97. The van der Waals surface area contributed by atoms with Gasteiger partial charge in [-0.05, 0) is 30.0 Å². The van der Waals surface area contributed by atoms with Crippen molar-refractivity contribution in [2.75, 3.05) is 6.26 Å². The molecular weight excluding hydrogens is 344 g/mol. The molecule has 0 saturated carbocycles. The van der Waals surface area contributed by atoms with Crippen LogP contribution in [0.15, 0.2) is 64.9 Å². The molecule has 6 heteroatoms. The summed E-state index contributed by atoms with van der Waals surface area (Å²) < 4.78 is 0. The molecule has 0 radical (unpaired) electrons. The van der Waals surface area contributed by atoms with E-state index in [0.29, 0.717) is 6.42 Å². The Morgan fingerprint density at radius 1 is 1.12 bits per heavy atom. The van der Waals surface area contributed by atoms with Crippen LogP contribution in [0.4, 0.5) is 0 Å². The summed E-state index contributed by atoms with van der Waals surface area (Å²) in [5.41, 5.74) is 4.72. The lowest BCUT2D eigenvalue weighted by Gasteiger charge is -2.20. The van der Waals surface area contributed by atoms with Crippen LogP contribution in [-0.4, -0.2) is 32.9 Å². The van der Waals surface area contributed by atoms with Crippen molar-refractivity contribution in [1.82, 2.24) is 15.0 Å². The lowest BCUT2D eigenvalue weighted by Crippen LogP contribution is -2.24. The molecule has 0 aliphatic carbocycles. The molecule has 0 saturated heterocycles. The minimum Gasteiger partial charge on any atom is -0.273 e. The maximum atomic E-state index is 12.2. The number of hydrazone groups is 1. The topological polar surface area (TPSA) is 58.5 Å². The third-order valence-corrected chi connectivity index (χ3v) is 5.32. The first-order valence-electron chi connectivity index (χ1n) is 8.38. The molecule has 5 nitrogen and oxygen atoms in total. The van der Waals surface area contributed by atoms with E-state index in [1.54, 1.807) is 36.1 Å². The zero-order chi connectivity index (χ0) is 18.1. The molecule has 26 heavy (non-hydrogen) atoms. The molecule has 0 fully saturated rings. The third-order valence-electron chi connectivity index (χ3n) is 4.53. The lowest BCUT2D eigenvalue weighted by molar-refractivity contribution is -0.130. The molecule has 0 spiro atoms. The van der Waals surface area contributed by atoms with E-state index >= 15 is 0 Å². The molecule has 4 rings (SSSR count). The quantitative estimate of drug-likeness (QED) is 0.660. The molecule has 0 unspecified atom stereocenters. The fraction of sp³-hybridized carbons (Fsp3) is 0.200. The number of fused-ring (bicyclic) bond motifs is 1. The molecule has 1 aliphatic heterocycles. The summed E-state index contributed by atoms with van der Waals surface area (Å²) in [4.78, 5) is 22.1. The van der Waals surface area contributed by atoms with Gasteiger partial charge in [-0.25, -0.2) is 5.01 Å². The predicted molar refractivity (Wildman–Crippen MR) is 104 cm³/mol. The van der Waals surface area contributed by atoms with Crippen LogP contribution in [0, 0.1) is 0 Å². The molecule has 1 amide bonds. The summed E-state index contributed by atoms with van der Waals surface area (Å²) >= 11 is 1.69. The maximum absolute atomic E-state index is 12.2. The van der Waals surface area contributed by atoms with Gasteiger partial charge in [0.05, 0.1) is 22.8 Å². The van der Waals surface area contributed by atoms with Gasteiger partial charge in [-0.1, -0.05) is 24.3 Å². The average Bonchev–Trinajstić information content (AvgIpc) is 3.13. The van der Waals surface area contributed by atoms with Gasteiger partial charge in [0.15, 0.2) is 0 Å². The molecular formula is C20H18N4OS. The van der Waals surface area contributed by atoms with Gasteiger partial charge in [0.1, 0.15) is 0 Å². The second-order valence-electron chi connectivity index (χ2n) is 6.13. The Kier molecular flexibility index (Phi) is 4.42. The van der Waals surface area contributed by atoms with Gasteiger partial charge in [0.2, 0.25) is 5.91 Å². The predicted octanol–water partition coefficient (Wildman–Crippen LogP) is 4.05. The fourth-order valence-corrected chi connectivity index (χ4v) is 3.91. The Balaban J connectivity index is 1.74. The maximum Gasteiger partial charge on any atom is 0.240 e. The molecule has 0 bridgehead atoms. The van der Waals surface area contributed by atoms with Crippen molar-refractivity contribution in [2.45, 2.75) is 24.3 Å². The number of rotatable bonds is 3. The number of aromatic nitrogens is 2. The fourth-order valence-electron chi connectivity index (χ4n) is 3.29. The van der Waals surface area contributed by atoms with E-state index in [1.807, 2.05) is 30.3 Å². The van der Waals surface area contributed by atoms with Gasteiger partial charge < -0.3 is 0 Å². The minimum absolute atomic E-state index is 0.0640. The largest absolute Gasteiger partial charge is 0.273 e. The van der Waals surface area contributed by atoms with Gasteiger partial charge in [-0.3, -0.25) is 14.8 Å². The van der Waals surface area contributed by atoms with Crippen LogP contribution in [0.3, 0.4) is 0 Å². The number of hydrogen-bond donors (Lipinski definition) is 0. The number of benzene rings is 2. The zero-order valence-corrected chi connectivity index (χ0v) is 15.4. The number of carbonyl (C=O) groups excluding carboxylic acids is 1.